The van der Waals surface area contributed by atoms with Crippen LogP contribution in [0.25, 0.3) is 6.08 Å². The fourth-order valence-corrected chi connectivity index (χ4v) is 1.01. The van der Waals surface area contributed by atoms with Crippen molar-refractivity contribution in [3.05, 3.63) is 41.5 Å². The summed E-state index contributed by atoms with van der Waals surface area (Å²) < 4.78 is 0. The van der Waals surface area contributed by atoms with E-state index in [0.29, 0.717) is 5.57 Å². The Kier molecular flexibility index (Phi) is 3.41. The van der Waals surface area contributed by atoms with Crippen LogP contribution in [-0.4, -0.2) is 17.5 Å². The summed E-state index contributed by atoms with van der Waals surface area (Å²) in [5, 5.41) is 8.87. The highest BCUT2D eigenvalue weighted by Gasteiger charge is 2.00. The number of carbonyl (C=O) groups excluding carboxylic acids is 1. The first-order chi connectivity index (χ1) is 6.24. The van der Waals surface area contributed by atoms with Gasteiger partial charge in [0.1, 0.15) is 0 Å². The predicted molar refractivity (Wildman–Crippen MR) is 52.2 cm³/mol. The zero-order chi connectivity index (χ0) is 9.68. The van der Waals surface area contributed by atoms with Gasteiger partial charge in [0, 0.05) is 5.57 Å². The van der Waals surface area contributed by atoms with E-state index in [1.807, 2.05) is 30.3 Å². The molecular formula is C11H12O2. The molecule has 0 fully saturated rings. The summed E-state index contributed by atoms with van der Waals surface area (Å²) in [6.45, 7) is 1.25. The molecule has 2 nitrogen and oxygen atoms in total. The van der Waals surface area contributed by atoms with E-state index in [1.165, 1.54) is 6.92 Å². The molecule has 1 rings (SSSR count). The molecule has 0 heterocycles. The Balaban J connectivity index is 2.92. The van der Waals surface area contributed by atoms with Crippen LogP contribution in [0.5, 0.6) is 0 Å². The van der Waals surface area contributed by atoms with E-state index in [0.717, 1.165) is 5.56 Å². The van der Waals surface area contributed by atoms with Gasteiger partial charge in [0.2, 0.25) is 0 Å². The summed E-state index contributed by atoms with van der Waals surface area (Å²) in [5.41, 5.74) is 1.37. The normalized spacial score (nSPS) is 11.4. The highest BCUT2D eigenvalue weighted by molar-refractivity contribution is 5.97. The van der Waals surface area contributed by atoms with E-state index in [9.17, 15) is 4.79 Å². The number of hydrogen-bond donors (Lipinski definition) is 1. The average molecular weight is 176 g/mol. The fraction of sp³-hybridized carbons (Fsp3) is 0.182. The molecule has 0 aliphatic rings. The van der Waals surface area contributed by atoms with Gasteiger partial charge in [-0.3, -0.25) is 4.79 Å². The summed E-state index contributed by atoms with van der Waals surface area (Å²) in [4.78, 5) is 11.0. The minimum absolute atomic E-state index is 0.0913. The molecule has 0 unspecified atom stereocenters. The lowest BCUT2D eigenvalue weighted by atomic mass is 10.1. The van der Waals surface area contributed by atoms with Gasteiger partial charge in [-0.2, -0.15) is 0 Å². The standard InChI is InChI=1S/C11H12O2/c1-9(13)11(8-12)7-10-5-3-2-4-6-10/h2-7,12H,8H2,1H3/b11-7-. The highest BCUT2D eigenvalue weighted by Crippen LogP contribution is 2.06. The molecular weight excluding hydrogens is 164 g/mol. The molecule has 0 aromatic heterocycles. The summed E-state index contributed by atoms with van der Waals surface area (Å²) in [6, 6.07) is 9.46. The molecule has 0 aliphatic carbocycles. The molecule has 0 saturated heterocycles. The van der Waals surface area contributed by atoms with E-state index in [2.05, 4.69) is 0 Å². The maximum absolute atomic E-state index is 11.0. The van der Waals surface area contributed by atoms with Crippen LogP contribution in [-0.2, 0) is 4.79 Å². The lowest BCUT2D eigenvalue weighted by Crippen LogP contribution is -2.00. The third-order valence-corrected chi connectivity index (χ3v) is 1.76. The van der Waals surface area contributed by atoms with Crippen molar-refractivity contribution in [3.8, 4) is 0 Å². The molecule has 0 spiro atoms. The molecule has 0 atom stereocenters. The van der Waals surface area contributed by atoms with E-state index < -0.39 is 0 Å². The lowest BCUT2D eigenvalue weighted by molar-refractivity contribution is -0.113. The largest absolute Gasteiger partial charge is 0.392 e. The van der Waals surface area contributed by atoms with Gasteiger partial charge in [0.25, 0.3) is 0 Å². The van der Waals surface area contributed by atoms with Crippen LogP contribution >= 0.6 is 0 Å². The molecule has 0 amide bonds. The lowest BCUT2D eigenvalue weighted by Gasteiger charge is -1.98. The molecule has 0 radical (unpaired) electrons. The maximum Gasteiger partial charge on any atom is 0.158 e. The molecule has 1 aromatic carbocycles. The minimum atomic E-state index is -0.204. The van der Waals surface area contributed by atoms with Crippen LogP contribution < -0.4 is 0 Å². The Bertz CT molecular complexity index is 312. The molecule has 0 saturated carbocycles. The van der Waals surface area contributed by atoms with Crippen molar-refractivity contribution in [3.63, 3.8) is 0 Å². The van der Waals surface area contributed by atoms with Crippen LogP contribution in [0.15, 0.2) is 35.9 Å². The van der Waals surface area contributed by atoms with E-state index in [4.69, 9.17) is 5.11 Å². The van der Waals surface area contributed by atoms with Gasteiger partial charge in [-0.15, -0.1) is 0 Å². The molecule has 0 aliphatic heterocycles. The van der Waals surface area contributed by atoms with Crippen LogP contribution in [0.2, 0.25) is 0 Å². The van der Waals surface area contributed by atoms with E-state index in [1.54, 1.807) is 6.08 Å². The quantitative estimate of drug-likeness (QED) is 0.711. The van der Waals surface area contributed by atoms with Crippen LogP contribution in [0.4, 0.5) is 0 Å². The van der Waals surface area contributed by atoms with Crippen molar-refractivity contribution in [2.45, 2.75) is 6.92 Å². The number of benzene rings is 1. The predicted octanol–water partition coefficient (Wildman–Crippen LogP) is 1.65. The highest BCUT2D eigenvalue weighted by atomic mass is 16.3. The fourth-order valence-electron chi connectivity index (χ4n) is 1.01. The van der Waals surface area contributed by atoms with Gasteiger partial charge in [-0.05, 0) is 18.6 Å². The average Bonchev–Trinajstić information content (AvgIpc) is 2.15. The second-order valence-corrected chi connectivity index (χ2v) is 2.79. The molecule has 13 heavy (non-hydrogen) atoms. The van der Waals surface area contributed by atoms with Crippen molar-refractivity contribution < 1.29 is 9.90 Å². The Morgan fingerprint density at radius 1 is 1.38 bits per heavy atom. The molecule has 0 bridgehead atoms. The van der Waals surface area contributed by atoms with Crippen molar-refractivity contribution in [2.75, 3.05) is 6.61 Å². The first-order valence-electron chi connectivity index (χ1n) is 4.11. The molecule has 68 valence electrons. The van der Waals surface area contributed by atoms with Crippen LogP contribution in [0, 0.1) is 0 Å². The SMILES string of the molecule is CC(=O)/C(=C\c1ccccc1)CO. The number of carbonyl (C=O) groups is 1. The van der Waals surface area contributed by atoms with Crippen LogP contribution in [0.3, 0.4) is 0 Å². The number of ketones is 1. The Hall–Kier alpha value is -1.41. The molecule has 1 N–H and O–H groups in total. The Morgan fingerprint density at radius 3 is 2.46 bits per heavy atom. The second-order valence-electron chi connectivity index (χ2n) is 2.79. The summed E-state index contributed by atoms with van der Waals surface area (Å²) >= 11 is 0. The number of aliphatic hydroxyl groups is 1. The third kappa shape index (κ3) is 2.84. The smallest absolute Gasteiger partial charge is 0.158 e. The van der Waals surface area contributed by atoms with Crippen molar-refractivity contribution in [2.24, 2.45) is 0 Å². The van der Waals surface area contributed by atoms with Gasteiger partial charge >= 0.3 is 0 Å². The molecule has 1 aromatic rings. The van der Waals surface area contributed by atoms with Gasteiger partial charge in [0.05, 0.1) is 6.61 Å². The summed E-state index contributed by atoms with van der Waals surface area (Å²) in [6.07, 6.45) is 1.70. The number of hydrogen-bond acceptors (Lipinski definition) is 2. The third-order valence-electron chi connectivity index (χ3n) is 1.76. The van der Waals surface area contributed by atoms with Gasteiger partial charge in [-0.1, -0.05) is 30.3 Å². The zero-order valence-electron chi connectivity index (χ0n) is 7.53. The van der Waals surface area contributed by atoms with E-state index >= 15 is 0 Å². The first kappa shape index (κ1) is 9.68. The Morgan fingerprint density at radius 2 is 2.00 bits per heavy atom. The zero-order valence-corrected chi connectivity index (χ0v) is 7.53. The summed E-state index contributed by atoms with van der Waals surface area (Å²) in [5.74, 6) is -0.0913. The topological polar surface area (TPSA) is 37.3 Å². The van der Waals surface area contributed by atoms with E-state index in [-0.39, 0.29) is 12.4 Å². The second kappa shape index (κ2) is 4.58. The van der Waals surface area contributed by atoms with Crippen molar-refractivity contribution in [1.29, 1.82) is 0 Å². The maximum atomic E-state index is 11.0. The van der Waals surface area contributed by atoms with Gasteiger partial charge < -0.3 is 5.11 Å². The van der Waals surface area contributed by atoms with Gasteiger partial charge in [0.15, 0.2) is 5.78 Å². The minimum Gasteiger partial charge on any atom is -0.392 e. The Labute approximate surface area is 77.5 Å². The van der Waals surface area contributed by atoms with Gasteiger partial charge in [-0.25, -0.2) is 0 Å². The number of aliphatic hydroxyl groups excluding tert-OH is 1. The molecule has 2 heteroatoms. The van der Waals surface area contributed by atoms with Crippen molar-refractivity contribution in [1.82, 2.24) is 0 Å². The van der Waals surface area contributed by atoms with Crippen LogP contribution in [0.1, 0.15) is 12.5 Å². The monoisotopic (exact) mass is 176 g/mol. The summed E-state index contributed by atoms with van der Waals surface area (Å²) in [7, 11) is 0. The number of rotatable bonds is 3. The number of Topliss-reactive ketones (excluding diaryl/α,β-unsaturated/α-hetero) is 1. The van der Waals surface area contributed by atoms with Crippen molar-refractivity contribution >= 4 is 11.9 Å². The first-order valence-corrected chi connectivity index (χ1v) is 4.11.